The van der Waals surface area contributed by atoms with E-state index in [1.54, 1.807) is 0 Å². The number of likely N-dealkylation sites (N-methyl/N-ethyl adjacent to an activating group) is 1. The number of aryl methyl sites for hydroxylation is 1. The fourth-order valence-corrected chi connectivity index (χ4v) is 3.39. The van der Waals surface area contributed by atoms with Gasteiger partial charge in [-0.2, -0.15) is 4.31 Å². The quantitative estimate of drug-likeness (QED) is 0.686. The lowest BCUT2D eigenvalue weighted by molar-refractivity contribution is -0.274. The van der Waals surface area contributed by atoms with E-state index in [0.717, 1.165) is 22.5 Å². The van der Waals surface area contributed by atoms with Crippen molar-refractivity contribution in [2.45, 2.75) is 30.2 Å². The maximum Gasteiger partial charge on any atom is 0.573 e. The number of epoxide rings is 1. The van der Waals surface area contributed by atoms with Gasteiger partial charge < -0.3 is 14.6 Å². The molecule has 0 aliphatic carbocycles. The second kappa shape index (κ2) is 7.18. The molecule has 1 aliphatic heterocycles. The predicted molar refractivity (Wildman–Crippen MR) is 78.6 cm³/mol. The largest absolute Gasteiger partial charge is 0.573 e. The van der Waals surface area contributed by atoms with Gasteiger partial charge in [-0.05, 0) is 24.1 Å². The van der Waals surface area contributed by atoms with Gasteiger partial charge in [0.2, 0.25) is 10.0 Å². The number of benzene rings is 1. The van der Waals surface area contributed by atoms with Crippen LogP contribution in [0.15, 0.2) is 23.1 Å². The van der Waals surface area contributed by atoms with Gasteiger partial charge in [0.25, 0.3) is 0 Å². The Morgan fingerprint density at radius 2 is 2.04 bits per heavy atom. The molecule has 1 fully saturated rings. The SMILES string of the molecule is CN(C[C@H]1CO1)S(=O)(=O)c1cc(CCC(=O)O)cc(OC(F)(F)F)c1. The summed E-state index contributed by atoms with van der Waals surface area (Å²) >= 11 is 0. The fraction of sp³-hybridized carbons (Fsp3) is 0.500. The molecule has 11 heteroatoms. The van der Waals surface area contributed by atoms with E-state index in [1.807, 2.05) is 0 Å². The zero-order chi connectivity index (χ0) is 18.8. The molecule has 140 valence electrons. The molecule has 25 heavy (non-hydrogen) atoms. The molecule has 7 nitrogen and oxygen atoms in total. The third-order valence-corrected chi connectivity index (χ3v) is 5.17. The summed E-state index contributed by atoms with van der Waals surface area (Å²) in [5.41, 5.74) is 0.110. The van der Waals surface area contributed by atoms with Gasteiger partial charge in [-0.25, -0.2) is 8.42 Å². The summed E-state index contributed by atoms with van der Waals surface area (Å²) in [7, 11) is -2.79. The second-order valence-corrected chi connectivity index (χ2v) is 7.54. The van der Waals surface area contributed by atoms with Gasteiger partial charge in [0.1, 0.15) is 5.75 Å². The number of hydrogen-bond acceptors (Lipinski definition) is 5. The van der Waals surface area contributed by atoms with Crippen molar-refractivity contribution in [2.24, 2.45) is 0 Å². The van der Waals surface area contributed by atoms with Crippen molar-refractivity contribution in [3.05, 3.63) is 23.8 Å². The molecular weight excluding hydrogens is 367 g/mol. The third-order valence-electron chi connectivity index (χ3n) is 3.37. The standard InChI is InChI=1S/C14H16F3NO6S/c1-18(7-11-8-23-11)25(21,22)12-5-9(2-3-13(19)20)4-10(6-12)24-14(15,16)17/h4-6,11H,2-3,7-8H2,1H3,(H,19,20)/t11-/m0/s1. The van der Waals surface area contributed by atoms with E-state index in [4.69, 9.17) is 9.84 Å². The lowest BCUT2D eigenvalue weighted by atomic mass is 10.1. The van der Waals surface area contributed by atoms with Crippen LogP contribution in [0.2, 0.25) is 0 Å². The first kappa shape index (κ1) is 19.5. The lowest BCUT2D eigenvalue weighted by Gasteiger charge is -2.18. The van der Waals surface area contributed by atoms with E-state index in [-0.39, 0.29) is 31.1 Å². The highest BCUT2D eigenvalue weighted by Gasteiger charge is 2.33. The summed E-state index contributed by atoms with van der Waals surface area (Å²) in [5, 5.41) is 8.70. The minimum atomic E-state index is -5.00. The summed E-state index contributed by atoms with van der Waals surface area (Å²) in [6, 6.07) is 2.88. The van der Waals surface area contributed by atoms with E-state index in [2.05, 4.69) is 4.74 Å². The van der Waals surface area contributed by atoms with Crippen molar-refractivity contribution in [2.75, 3.05) is 20.2 Å². The maximum atomic E-state index is 12.5. The van der Waals surface area contributed by atoms with Crippen molar-refractivity contribution in [3.63, 3.8) is 0 Å². The van der Waals surface area contributed by atoms with E-state index in [0.29, 0.717) is 6.61 Å². The van der Waals surface area contributed by atoms with Crippen molar-refractivity contribution in [1.29, 1.82) is 0 Å². The Balaban J connectivity index is 2.34. The number of carboxylic acids is 1. The van der Waals surface area contributed by atoms with Gasteiger partial charge in [-0.1, -0.05) is 0 Å². The van der Waals surface area contributed by atoms with Crippen LogP contribution in [0.3, 0.4) is 0 Å². The van der Waals surface area contributed by atoms with Gasteiger partial charge in [0.05, 0.1) is 17.6 Å². The number of aliphatic carboxylic acids is 1. The van der Waals surface area contributed by atoms with Crippen LogP contribution in [0.1, 0.15) is 12.0 Å². The van der Waals surface area contributed by atoms with Crippen LogP contribution in [-0.4, -0.2) is 56.5 Å². The van der Waals surface area contributed by atoms with Crippen LogP contribution in [-0.2, 0) is 26.0 Å². The first-order valence-electron chi connectivity index (χ1n) is 7.17. The Labute approximate surface area is 142 Å². The number of carboxylic acid groups (broad SMARTS) is 1. The zero-order valence-corrected chi connectivity index (χ0v) is 13.9. The number of nitrogens with zero attached hydrogens (tertiary/aromatic N) is 1. The summed E-state index contributed by atoms with van der Waals surface area (Å²) in [4.78, 5) is 10.2. The summed E-state index contributed by atoms with van der Waals surface area (Å²) in [5.74, 6) is -1.88. The summed E-state index contributed by atoms with van der Waals surface area (Å²) < 4.78 is 72.1. The molecule has 0 saturated carbocycles. The molecule has 1 heterocycles. The van der Waals surface area contributed by atoms with E-state index in [9.17, 15) is 26.4 Å². The van der Waals surface area contributed by atoms with Gasteiger partial charge in [-0.15, -0.1) is 13.2 Å². The van der Waals surface area contributed by atoms with Gasteiger partial charge >= 0.3 is 12.3 Å². The molecule has 1 aromatic rings. The number of rotatable bonds is 8. The molecule has 0 spiro atoms. The highest BCUT2D eigenvalue weighted by atomic mass is 32.2. The maximum absolute atomic E-state index is 12.5. The molecular formula is C14H16F3NO6S. The van der Waals surface area contributed by atoms with Crippen LogP contribution in [0.4, 0.5) is 13.2 Å². The molecule has 0 amide bonds. The molecule has 1 saturated heterocycles. The molecule has 1 aromatic carbocycles. The Hall–Kier alpha value is -1.85. The summed E-state index contributed by atoms with van der Waals surface area (Å²) in [6.45, 7) is 0.484. The molecule has 0 unspecified atom stereocenters. The molecule has 2 rings (SSSR count). The van der Waals surface area contributed by atoms with Crippen molar-refractivity contribution in [3.8, 4) is 5.75 Å². The van der Waals surface area contributed by atoms with Crippen LogP contribution >= 0.6 is 0 Å². The minimum absolute atomic E-state index is 0.0666. The first-order chi connectivity index (χ1) is 11.5. The lowest BCUT2D eigenvalue weighted by Crippen LogP contribution is -2.30. The number of carbonyl (C=O) groups is 1. The Morgan fingerprint density at radius 3 is 2.56 bits per heavy atom. The highest BCUT2D eigenvalue weighted by molar-refractivity contribution is 7.89. The molecule has 0 radical (unpaired) electrons. The Bertz CT molecular complexity index is 745. The van der Waals surface area contributed by atoms with Crippen LogP contribution in [0.5, 0.6) is 5.75 Å². The molecule has 1 N–H and O–H groups in total. The van der Waals surface area contributed by atoms with Crippen LogP contribution in [0, 0.1) is 0 Å². The van der Waals surface area contributed by atoms with Gasteiger partial charge in [-0.3, -0.25) is 4.79 Å². The number of hydrogen-bond donors (Lipinski definition) is 1. The zero-order valence-electron chi connectivity index (χ0n) is 13.1. The number of ether oxygens (including phenoxy) is 2. The molecule has 0 aromatic heterocycles. The summed E-state index contributed by atoms with van der Waals surface area (Å²) in [6.07, 6.45) is -5.73. The minimum Gasteiger partial charge on any atom is -0.481 e. The number of alkyl halides is 3. The molecule has 1 atom stereocenters. The Kier molecular flexibility index (Phi) is 5.59. The average molecular weight is 383 g/mol. The molecule has 1 aliphatic rings. The highest BCUT2D eigenvalue weighted by Crippen LogP contribution is 2.29. The van der Waals surface area contributed by atoms with E-state index in [1.165, 1.54) is 7.05 Å². The van der Waals surface area contributed by atoms with E-state index >= 15 is 0 Å². The van der Waals surface area contributed by atoms with Crippen molar-refractivity contribution in [1.82, 2.24) is 4.31 Å². The smallest absolute Gasteiger partial charge is 0.481 e. The molecule has 0 bridgehead atoms. The van der Waals surface area contributed by atoms with Crippen molar-refractivity contribution >= 4 is 16.0 Å². The second-order valence-electron chi connectivity index (χ2n) is 5.50. The number of sulfonamides is 1. The third kappa shape index (κ3) is 5.87. The van der Waals surface area contributed by atoms with Crippen LogP contribution in [0.25, 0.3) is 0 Å². The average Bonchev–Trinajstić information content (AvgIpc) is 3.27. The fourth-order valence-electron chi connectivity index (χ4n) is 2.11. The van der Waals surface area contributed by atoms with E-state index < -0.39 is 33.0 Å². The monoisotopic (exact) mass is 383 g/mol. The van der Waals surface area contributed by atoms with Crippen molar-refractivity contribution < 1.29 is 41.0 Å². The first-order valence-corrected chi connectivity index (χ1v) is 8.61. The van der Waals surface area contributed by atoms with Crippen LogP contribution < -0.4 is 4.74 Å². The number of halogens is 3. The normalized spacial score (nSPS) is 17.6. The van der Waals surface area contributed by atoms with Gasteiger partial charge in [0, 0.05) is 26.1 Å². The topological polar surface area (TPSA) is 96.4 Å². The Morgan fingerprint density at radius 1 is 1.40 bits per heavy atom. The predicted octanol–water partition coefficient (Wildman–Crippen LogP) is 1.62. The van der Waals surface area contributed by atoms with Gasteiger partial charge in [0.15, 0.2) is 0 Å².